The molecule has 2 aromatic carbocycles. The summed E-state index contributed by atoms with van der Waals surface area (Å²) >= 11 is 2.16. The summed E-state index contributed by atoms with van der Waals surface area (Å²) in [6.45, 7) is 2.60. The summed E-state index contributed by atoms with van der Waals surface area (Å²) in [6.07, 6.45) is 3.33. The second-order valence-corrected chi connectivity index (χ2v) is 11.6. The van der Waals surface area contributed by atoms with Crippen LogP contribution in [0.4, 0.5) is 5.69 Å². The van der Waals surface area contributed by atoms with Crippen LogP contribution in [0.3, 0.4) is 0 Å². The molecular weight excluding hydrogens is 655 g/mol. The minimum absolute atomic E-state index is 0.00133. The van der Waals surface area contributed by atoms with Gasteiger partial charge in [0.2, 0.25) is 0 Å². The van der Waals surface area contributed by atoms with E-state index in [1.54, 1.807) is 12.1 Å². The molecule has 0 saturated carbocycles. The van der Waals surface area contributed by atoms with E-state index in [2.05, 4.69) is 22.6 Å². The number of nitro benzene ring substituents is 1. The zero-order valence-corrected chi connectivity index (χ0v) is 25.3. The van der Waals surface area contributed by atoms with Crippen LogP contribution in [0.25, 0.3) is 0 Å². The molecule has 0 bridgehead atoms. The van der Waals surface area contributed by atoms with Crippen LogP contribution in [0.2, 0.25) is 0 Å². The van der Waals surface area contributed by atoms with Gasteiger partial charge in [-0.3, -0.25) is 24.5 Å². The number of Topliss-reactive ketones (excluding diaryl/α,β-unsaturated/α-hetero) is 2. The average Bonchev–Trinajstić information content (AvgIpc) is 2.95. The second-order valence-electron chi connectivity index (χ2n) is 10.5. The van der Waals surface area contributed by atoms with E-state index < -0.39 is 16.8 Å². The molecule has 1 N–H and O–H groups in total. The molecule has 0 amide bonds. The summed E-state index contributed by atoms with van der Waals surface area (Å²) in [5.74, 6) is -0.535. The van der Waals surface area contributed by atoms with Crippen LogP contribution in [0, 0.1) is 13.7 Å². The van der Waals surface area contributed by atoms with Crippen LogP contribution in [0.15, 0.2) is 58.9 Å². The van der Waals surface area contributed by atoms with Gasteiger partial charge in [0.15, 0.2) is 23.1 Å². The summed E-state index contributed by atoms with van der Waals surface area (Å²) in [4.78, 5) is 51.0. The van der Waals surface area contributed by atoms with E-state index in [9.17, 15) is 29.6 Å². The molecule has 11 heteroatoms. The molecule has 10 nitrogen and oxygen atoms in total. The number of rotatable bonds is 10. The maximum absolute atomic E-state index is 13.5. The van der Waals surface area contributed by atoms with Crippen molar-refractivity contribution in [3.05, 3.63) is 83.7 Å². The van der Waals surface area contributed by atoms with E-state index in [0.717, 1.165) is 26.1 Å². The van der Waals surface area contributed by atoms with E-state index in [-0.39, 0.29) is 36.8 Å². The van der Waals surface area contributed by atoms with Crippen molar-refractivity contribution in [2.24, 2.45) is 0 Å². The fraction of sp³-hybridized carbons (Fsp3) is 0.387. The van der Waals surface area contributed by atoms with E-state index in [4.69, 9.17) is 9.47 Å². The highest BCUT2D eigenvalue weighted by molar-refractivity contribution is 14.1. The molecule has 0 unspecified atom stereocenters. The quantitative estimate of drug-likeness (QED) is 0.180. The summed E-state index contributed by atoms with van der Waals surface area (Å²) < 4.78 is 12.9. The summed E-state index contributed by atoms with van der Waals surface area (Å²) in [5.41, 5.74) is 4.33. The molecule has 1 aliphatic heterocycles. The zero-order chi connectivity index (χ0) is 30.0. The molecule has 0 spiro atoms. The highest BCUT2D eigenvalue weighted by Crippen LogP contribution is 2.50. The number of carboxylic acids is 1. The van der Waals surface area contributed by atoms with Crippen LogP contribution < -0.4 is 9.47 Å². The molecule has 220 valence electrons. The summed E-state index contributed by atoms with van der Waals surface area (Å²) in [6, 6.07) is 9.90. The normalized spacial score (nSPS) is 17.2. The number of aliphatic carboxylic acids is 1. The number of nitrogens with zero attached hydrogens (tertiary/aromatic N) is 2. The number of benzene rings is 2. The Bertz CT molecular complexity index is 1470. The molecule has 2 aliphatic carbocycles. The fourth-order valence-corrected chi connectivity index (χ4v) is 6.84. The number of allylic oxidation sites excluding steroid dienone is 4. The van der Waals surface area contributed by atoms with Gasteiger partial charge in [0.1, 0.15) is 6.61 Å². The first-order chi connectivity index (χ1) is 20.2. The number of halogens is 1. The Morgan fingerprint density at radius 3 is 2.19 bits per heavy atom. The number of hydrogen-bond donors (Lipinski definition) is 1. The number of ketones is 2. The van der Waals surface area contributed by atoms with Crippen LogP contribution in [-0.2, 0) is 21.0 Å². The van der Waals surface area contributed by atoms with Gasteiger partial charge in [0, 0.05) is 60.0 Å². The highest BCUT2D eigenvalue weighted by Gasteiger charge is 2.43. The maximum atomic E-state index is 13.5. The van der Waals surface area contributed by atoms with Gasteiger partial charge in [-0.05, 0) is 90.6 Å². The molecule has 0 fully saturated rings. The highest BCUT2D eigenvalue weighted by atomic mass is 127. The lowest BCUT2D eigenvalue weighted by atomic mass is 9.71. The molecule has 0 radical (unpaired) electrons. The van der Waals surface area contributed by atoms with E-state index in [0.29, 0.717) is 67.8 Å². The predicted octanol–water partition coefficient (Wildman–Crippen LogP) is 6.07. The average molecular weight is 686 g/mol. The smallest absolute Gasteiger partial charge is 0.305 e. The van der Waals surface area contributed by atoms with Crippen LogP contribution in [0.5, 0.6) is 11.5 Å². The minimum Gasteiger partial charge on any atom is -0.490 e. The number of non-ortho nitro benzene ring substituents is 1. The largest absolute Gasteiger partial charge is 0.490 e. The molecule has 0 aromatic heterocycles. The molecule has 5 rings (SSSR count). The van der Waals surface area contributed by atoms with Crippen molar-refractivity contribution in [3.63, 3.8) is 0 Å². The van der Waals surface area contributed by atoms with E-state index >= 15 is 0 Å². The number of ether oxygens (including phenoxy) is 2. The number of carbonyl (C=O) groups excluding carboxylic acids is 2. The lowest BCUT2D eigenvalue weighted by Gasteiger charge is -2.44. The van der Waals surface area contributed by atoms with Gasteiger partial charge in [-0.1, -0.05) is 0 Å². The third-order valence-electron chi connectivity index (χ3n) is 7.83. The monoisotopic (exact) mass is 686 g/mol. The Morgan fingerprint density at radius 1 is 1.02 bits per heavy atom. The van der Waals surface area contributed by atoms with Crippen LogP contribution in [-0.4, -0.2) is 45.6 Å². The van der Waals surface area contributed by atoms with Crippen molar-refractivity contribution in [2.45, 2.75) is 64.4 Å². The topological polar surface area (TPSA) is 136 Å². The van der Waals surface area contributed by atoms with E-state index in [1.165, 1.54) is 12.1 Å². The molecular formula is C31H31IN2O8. The first-order valence-electron chi connectivity index (χ1n) is 14.0. The van der Waals surface area contributed by atoms with Crippen molar-refractivity contribution < 1.29 is 33.9 Å². The fourth-order valence-electron chi connectivity index (χ4n) is 6.05. The number of carboxylic acid groups (broad SMARTS) is 1. The molecule has 0 atom stereocenters. The lowest BCUT2D eigenvalue weighted by molar-refractivity contribution is -0.384. The van der Waals surface area contributed by atoms with Gasteiger partial charge >= 0.3 is 5.97 Å². The van der Waals surface area contributed by atoms with Crippen LogP contribution >= 0.6 is 22.6 Å². The Balaban J connectivity index is 1.56. The number of nitro groups is 1. The zero-order valence-electron chi connectivity index (χ0n) is 23.2. The Labute approximate surface area is 256 Å². The van der Waals surface area contributed by atoms with Gasteiger partial charge in [0.05, 0.1) is 21.5 Å². The first kappa shape index (κ1) is 29.7. The third kappa shape index (κ3) is 5.92. The Morgan fingerprint density at radius 2 is 1.64 bits per heavy atom. The molecule has 3 aliphatic rings. The van der Waals surface area contributed by atoms with E-state index in [1.807, 2.05) is 24.0 Å². The molecule has 0 saturated heterocycles. The molecule has 1 heterocycles. The van der Waals surface area contributed by atoms with Gasteiger partial charge < -0.3 is 19.5 Å². The summed E-state index contributed by atoms with van der Waals surface area (Å²) in [5, 5.41) is 20.4. The number of hydrogen-bond acceptors (Lipinski definition) is 8. The van der Waals surface area contributed by atoms with Crippen molar-refractivity contribution in [3.8, 4) is 11.5 Å². The van der Waals surface area contributed by atoms with Gasteiger partial charge in [-0.15, -0.1) is 0 Å². The SMILES string of the molecule is CCOc1cc(C2C3=C(CCCC3=O)N(CCC(=O)O)C3=C2C(=O)CCC3)cc(I)c1OCc1ccc([N+](=O)[O-])cc1. The Kier molecular flexibility index (Phi) is 8.95. The third-order valence-corrected chi connectivity index (χ3v) is 8.63. The number of carbonyl (C=O) groups is 3. The van der Waals surface area contributed by atoms with Gasteiger partial charge in [-0.25, -0.2) is 0 Å². The Hall–Kier alpha value is -3.74. The van der Waals surface area contributed by atoms with Crippen molar-refractivity contribution >= 4 is 45.8 Å². The predicted molar refractivity (Wildman–Crippen MR) is 161 cm³/mol. The standard InChI is InChI=1S/C31H31IN2O8/c1-2-41-26-16-19(15-21(32)31(26)42-17-18-9-11-20(12-10-18)34(39)40)28-29-22(5-3-7-24(29)35)33(14-13-27(37)38)23-6-4-8-25(36)30(23)28/h9-12,15-16,28H,2-8,13-14,17H2,1H3,(H,37,38). The minimum atomic E-state index is -0.925. The van der Waals surface area contributed by atoms with Crippen molar-refractivity contribution in [1.82, 2.24) is 4.90 Å². The van der Waals surface area contributed by atoms with Crippen molar-refractivity contribution in [2.75, 3.05) is 13.2 Å². The lowest BCUT2D eigenvalue weighted by Crippen LogP contribution is -2.40. The molecule has 42 heavy (non-hydrogen) atoms. The van der Waals surface area contributed by atoms with Gasteiger partial charge in [-0.2, -0.15) is 0 Å². The maximum Gasteiger partial charge on any atom is 0.305 e. The summed E-state index contributed by atoms with van der Waals surface area (Å²) in [7, 11) is 0. The second kappa shape index (κ2) is 12.6. The molecule has 2 aromatic rings. The van der Waals surface area contributed by atoms with Crippen LogP contribution in [0.1, 0.15) is 68.9 Å². The van der Waals surface area contributed by atoms with Gasteiger partial charge in [0.25, 0.3) is 5.69 Å². The van der Waals surface area contributed by atoms with Crippen molar-refractivity contribution in [1.29, 1.82) is 0 Å². The first-order valence-corrected chi connectivity index (χ1v) is 15.1.